The molecular weight excluding hydrogens is 292 g/mol. The van der Waals surface area contributed by atoms with Crippen LogP contribution in [0.15, 0.2) is 46.8 Å². The number of pyridine rings is 1. The van der Waals surface area contributed by atoms with E-state index in [1.165, 1.54) is 0 Å². The first-order chi connectivity index (χ1) is 10.9. The molecule has 1 aromatic heterocycles. The summed E-state index contributed by atoms with van der Waals surface area (Å²) < 4.78 is 0. The summed E-state index contributed by atoms with van der Waals surface area (Å²) in [7, 11) is 0. The molecule has 0 atom stereocenters. The van der Waals surface area contributed by atoms with Crippen LogP contribution in [-0.4, -0.2) is 22.5 Å². The van der Waals surface area contributed by atoms with Crippen LogP contribution in [0.3, 0.4) is 0 Å². The van der Waals surface area contributed by atoms with Crippen LogP contribution in [0, 0.1) is 0 Å². The van der Waals surface area contributed by atoms with E-state index in [1.54, 1.807) is 45.3 Å². The van der Waals surface area contributed by atoms with Crippen molar-refractivity contribution < 1.29 is 14.4 Å². The predicted octanol–water partition coefficient (Wildman–Crippen LogP) is 3.00. The van der Waals surface area contributed by atoms with Crippen molar-refractivity contribution in [3.8, 4) is 0 Å². The summed E-state index contributed by atoms with van der Waals surface area (Å²) in [5.41, 5.74) is 2.71. The largest absolute Gasteiger partial charge is 0.325 e. The molecule has 0 saturated heterocycles. The Morgan fingerprint density at radius 3 is 2.43 bits per heavy atom. The highest BCUT2D eigenvalue weighted by Crippen LogP contribution is 2.27. The number of ketones is 2. The molecule has 1 aliphatic rings. The van der Waals surface area contributed by atoms with E-state index in [0.717, 1.165) is 0 Å². The molecule has 1 aliphatic carbocycles. The summed E-state index contributed by atoms with van der Waals surface area (Å²) in [6.07, 6.45) is 4.44. The van der Waals surface area contributed by atoms with Crippen LogP contribution in [-0.2, 0) is 14.4 Å². The number of anilines is 1. The number of nitrogens with zero attached hydrogens (tertiary/aromatic N) is 1. The second kappa shape index (κ2) is 7.13. The van der Waals surface area contributed by atoms with Gasteiger partial charge >= 0.3 is 0 Å². The quantitative estimate of drug-likeness (QED) is 0.848. The van der Waals surface area contributed by atoms with Crippen molar-refractivity contribution in [1.29, 1.82) is 0 Å². The molecule has 23 heavy (non-hydrogen) atoms. The molecule has 5 nitrogen and oxygen atoms in total. The Morgan fingerprint density at radius 1 is 1.09 bits per heavy atom. The molecule has 2 rings (SSSR count). The summed E-state index contributed by atoms with van der Waals surface area (Å²) in [6.45, 7) is 5.04. The molecule has 0 unspecified atom stereocenters. The highest BCUT2D eigenvalue weighted by molar-refractivity contribution is 6.24. The van der Waals surface area contributed by atoms with Crippen molar-refractivity contribution in [3.63, 3.8) is 0 Å². The second-order valence-electron chi connectivity index (χ2n) is 5.66. The van der Waals surface area contributed by atoms with Crippen molar-refractivity contribution in [2.45, 2.75) is 40.0 Å². The Bertz CT molecular complexity index is 715. The fourth-order valence-corrected chi connectivity index (χ4v) is 2.54. The minimum absolute atomic E-state index is 0.0723. The Balaban J connectivity index is 1.92. The van der Waals surface area contributed by atoms with E-state index in [4.69, 9.17) is 0 Å². The first kappa shape index (κ1) is 16.8. The van der Waals surface area contributed by atoms with Gasteiger partial charge in [-0.1, -0.05) is 0 Å². The van der Waals surface area contributed by atoms with E-state index >= 15 is 0 Å². The van der Waals surface area contributed by atoms with Gasteiger partial charge in [0.1, 0.15) is 0 Å². The number of allylic oxidation sites excluding steroid dienone is 4. The molecule has 0 radical (unpaired) electrons. The number of hydrogen-bond acceptors (Lipinski definition) is 4. The lowest BCUT2D eigenvalue weighted by molar-refractivity contribution is -0.117. The molecule has 0 saturated carbocycles. The van der Waals surface area contributed by atoms with Crippen molar-refractivity contribution >= 4 is 23.2 Å². The summed E-state index contributed by atoms with van der Waals surface area (Å²) in [5.74, 6) is -0.279. The molecule has 0 aromatic carbocycles. The van der Waals surface area contributed by atoms with E-state index in [-0.39, 0.29) is 23.9 Å². The van der Waals surface area contributed by atoms with E-state index in [2.05, 4.69) is 10.3 Å². The lowest BCUT2D eigenvalue weighted by Gasteiger charge is -2.18. The van der Waals surface area contributed by atoms with Gasteiger partial charge < -0.3 is 5.32 Å². The minimum Gasteiger partial charge on any atom is -0.325 e. The maximum atomic E-state index is 12.3. The van der Waals surface area contributed by atoms with E-state index < -0.39 is 0 Å². The Morgan fingerprint density at radius 2 is 1.78 bits per heavy atom. The highest BCUT2D eigenvalue weighted by Gasteiger charge is 2.27. The van der Waals surface area contributed by atoms with Crippen LogP contribution in [0.2, 0.25) is 0 Å². The summed E-state index contributed by atoms with van der Waals surface area (Å²) in [5, 5.41) is 2.75. The van der Waals surface area contributed by atoms with Gasteiger partial charge in [-0.15, -0.1) is 0 Å². The van der Waals surface area contributed by atoms with E-state index in [1.807, 2.05) is 0 Å². The lowest BCUT2D eigenvalue weighted by Crippen LogP contribution is -2.21. The number of aromatic nitrogens is 1. The van der Waals surface area contributed by atoms with Crippen LogP contribution in [0.25, 0.3) is 0 Å². The van der Waals surface area contributed by atoms with Gasteiger partial charge in [-0.2, -0.15) is 0 Å². The molecule has 0 aliphatic heterocycles. The maximum Gasteiger partial charge on any atom is 0.224 e. The zero-order chi connectivity index (χ0) is 17.0. The van der Waals surface area contributed by atoms with Gasteiger partial charge in [-0.3, -0.25) is 19.4 Å². The molecule has 0 spiro atoms. The smallest absolute Gasteiger partial charge is 0.224 e. The van der Waals surface area contributed by atoms with E-state index in [9.17, 15) is 14.4 Å². The monoisotopic (exact) mass is 312 g/mol. The zero-order valence-corrected chi connectivity index (χ0v) is 13.6. The second-order valence-corrected chi connectivity index (χ2v) is 5.66. The Kier molecular flexibility index (Phi) is 5.21. The standard InChI is InChI=1S/C18H20N2O3/c1-11-12(2)18(23)15(13(3)17(11)22)7-4-8-16(21)20-14-6-5-9-19-10-14/h5-6,9-10H,4,7-8H2,1-3H3,(H,20,21). The fourth-order valence-electron chi connectivity index (χ4n) is 2.54. The third-order valence-corrected chi connectivity index (χ3v) is 4.09. The number of amides is 1. The zero-order valence-electron chi connectivity index (χ0n) is 13.6. The molecule has 0 fully saturated rings. The summed E-state index contributed by atoms with van der Waals surface area (Å²) in [4.78, 5) is 40.2. The Hall–Kier alpha value is -2.56. The molecule has 5 heteroatoms. The van der Waals surface area contributed by atoms with Gasteiger partial charge in [0, 0.05) is 34.9 Å². The average Bonchev–Trinajstić information content (AvgIpc) is 2.55. The lowest BCUT2D eigenvalue weighted by atomic mass is 9.84. The number of rotatable bonds is 5. The van der Waals surface area contributed by atoms with Gasteiger partial charge in [0.2, 0.25) is 5.91 Å². The van der Waals surface area contributed by atoms with Gasteiger partial charge in [-0.05, 0) is 45.7 Å². The highest BCUT2D eigenvalue weighted by atomic mass is 16.2. The molecule has 1 heterocycles. The van der Waals surface area contributed by atoms with Crippen molar-refractivity contribution in [2.75, 3.05) is 5.32 Å². The molecular formula is C18H20N2O3. The first-order valence-electron chi connectivity index (χ1n) is 7.58. The number of carbonyl (C=O) groups excluding carboxylic acids is 3. The van der Waals surface area contributed by atoms with Crippen molar-refractivity contribution in [2.24, 2.45) is 0 Å². The number of Topliss-reactive ketones (excluding diaryl/α,β-unsaturated/α-hetero) is 2. The first-order valence-corrected chi connectivity index (χ1v) is 7.58. The average molecular weight is 312 g/mol. The van der Waals surface area contributed by atoms with Crippen LogP contribution in [0.4, 0.5) is 5.69 Å². The van der Waals surface area contributed by atoms with Gasteiger partial charge in [0.25, 0.3) is 0 Å². The normalized spacial score (nSPS) is 15.3. The van der Waals surface area contributed by atoms with Gasteiger partial charge in [0.15, 0.2) is 11.6 Å². The molecule has 120 valence electrons. The fraction of sp³-hybridized carbons (Fsp3) is 0.333. The number of carbonyl (C=O) groups is 3. The summed E-state index contributed by atoms with van der Waals surface area (Å²) >= 11 is 0. The molecule has 1 amide bonds. The molecule has 1 N–H and O–H groups in total. The van der Waals surface area contributed by atoms with Crippen LogP contribution in [0.1, 0.15) is 40.0 Å². The van der Waals surface area contributed by atoms with Gasteiger partial charge in [-0.25, -0.2) is 0 Å². The van der Waals surface area contributed by atoms with Crippen LogP contribution >= 0.6 is 0 Å². The summed E-state index contributed by atoms with van der Waals surface area (Å²) in [6, 6.07) is 3.51. The predicted molar refractivity (Wildman–Crippen MR) is 87.8 cm³/mol. The SMILES string of the molecule is CC1=C(C)C(=O)C(CCCC(=O)Nc2cccnc2)=C(C)C1=O. The number of nitrogens with one attached hydrogen (secondary N) is 1. The van der Waals surface area contributed by atoms with Crippen LogP contribution in [0.5, 0.6) is 0 Å². The topological polar surface area (TPSA) is 76.1 Å². The molecule has 0 bridgehead atoms. The van der Waals surface area contributed by atoms with Crippen LogP contribution < -0.4 is 5.32 Å². The maximum absolute atomic E-state index is 12.3. The number of hydrogen-bond donors (Lipinski definition) is 1. The van der Waals surface area contributed by atoms with Crippen molar-refractivity contribution in [1.82, 2.24) is 4.98 Å². The van der Waals surface area contributed by atoms with Crippen molar-refractivity contribution in [3.05, 3.63) is 46.8 Å². The van der Waals surface area contributed by atoms with E-state index in [0.29, 0.717) is 40.8 Å². The van der Waals surface area contributed by atoms with Gasteiger partial charge in [0.05, 0.1) is 11.9 Å². The Labute approximate surface area is 135 Å². The third-order valence-electron chi connectivity index (χ3n) is 4.09. The third kappa shape index (κ3) is 3.80. The minimum atomic E-state index is -0.130. The molecule has 1 aromatic rings.